The fourth-order valence-electron chi connectivity index (χ4n) is 7.73. The number of rotatable bonds is 30. The molecule has 352 valence electrons. The summed E-state index contributed by atoms with van der Waals surface area (Å²) >= 11 is -2.04. The van der Waals surface area contributed by atoms with E-state index in [2.05, 4.69) is 57.4 Å². The number of benzene rings is 3. The first-order valence-electron chi connectivity index (χ1n) is 24.1. The van der Waals surface area contributed by atoms with Crippen LogP contribution in [0.3, 0.4) is 0 Å². The molecule has 2 aromatic heterocycles. The molecule has 2 atom stereocenters. The van der Waals surface area contributed by atoms with Crippen molar-refractivity contribution < 1.29 is 21.5 Å². The quantitative estimate of drug-likeness (QED) is 0.0389. The number of hydrogen-bond donors (Lipinski definition) is 3. The highest BCUT2D eigenvalue weighted by molar-refractivity contribution is 7.88. The van der Waals surface area contributed by atoms with Crippen LogP contribution in [-0.2, 0) is 39.5 Å². The molecule has 0 spiro atoms. The molecule has 5 rings (SSSR count). The van der Waals surface area contributed by atoms with Crippen molar-refractivity contribution in [3.63, 3.8) is 0 Å². The van der Waals surface area contributed by atoms with Crippen molar-refractivity contribution in [2.75, 3.05) is 11.3 Å². The van der Waals surface area contributed by atoms with Crippen LogP contribution in [0, 0.1) is 11.7 Å². The highest BCUT2D eigenvalue weighted by Crippen LogP contribution is 2.35. The van der Waals surface area contributed by atoms with Crippen LogP contribution in [-0.4, -0.2) is 34.8 Å². The number of unbranched alkanes of at least 4 members (excludes halogenated alkanes) is 15. The zero-order valence-corrected chi connectivity index (χ0v) is 41.5. The maximum Gasteiger partial charge on any atom is 0.316 e. The van der Waals surface area contributed by atoms with Gasteiger partial charge in [0.15, 0.2) is 23.0 Å². The second-order valence-electron chi connectivity index (χ2n) is 18.4. The smallest absolute Gasteiger partial charge is 0.316 e. The Hall–Kier alpha value is -4.36. The van der Waals surface area contributed by atoms with E-state index in [1.165, 1.54) is 95.1 Å². The lowest BCUT2D eigenvalue weighted by atomic mass is 9.93. The summed E-state index contributed by atoms with van der Waals surface area (Å²) in [6, 6.07) is 18.5. The van der Waals surface area contributed by atoms with Crippen LogP contribution in [0.5, 0.6) is 17.2 Å². The minimum Gasteiger partial charge on any atom is -0.490 e. The SMILES string of the molecule is CCCCCCCCOc1cc(CCCCCCCC)ccc1OS(=N)(=O)c1cc(NS(=O)Oc2ccc(CCCCCCCC)cc2C)cc(-c2nc3cc(C(C)(C)C)[nH]n3n2)c1. The van der Waals surface area contributed by atoms with E-state index in [1.54, 1.807) is 22.8 Å². The zero-order valence-electron chi connectivity index (χ0n) is 39.8. The van der Waals surface area contributed by atoms with Crippen LogP contribution < -0.4 is 17.8 Å². The number of aromatic amines is 1. The van der Waals surface area contributed by atoms with Gasteiger partial charge in [-0.3, -0.25) is 9.82 Å². The number of hydrogen-bond acceptors (Lipinski definition) is 8. The van der Waals surface area contributed by atoms with Gasteiger partial charge in [0.1, 0.15) is 5.75 Å². The lowest BCUT2D eigenvalue weighted by Crippen LogP contribution is -2.14. The number of H-pyrrole nitrogens is 1. The van der Waals surface area contributed by atoms with Crippen LogP contribution in [0.2, 0.25) is 0 Å². The molecule has 64 heavy (non-hydrogen) atoms. The van der Waals surface area contributed by atoms with Gasteiger partial charge in [-0.25, -0.2) is 14.0 Å². The molecule has 0 bridgehead atoms. The van der Waals surface area contributed by atoms with E-state index in [0.29, 0.717) is 40.8 Å². The Morgan fingerprint density at radius 2 is 1.30 bits per heavy atom. The van der Waals surface area contributed by atoms with Crippen molar-refractivity contribution in [3.8, 4) is 28.6 Å². The molecule has 11 nitrogen and oxygen atoms in total. The van der Waals surface area contributed by atoms with E-state index in [0.717, 1.165) is 61.8 Å². The third kappa shape index (κ3) is 16.0. The van der Waals surface area contributed by atoms with E-state index in [4.69, 9.17) is 23.2 Å². The molecular formula is C51H76N6O5S2. The monoisotopic (exact) mass is 917 g/mol. The summed E-state index contributed by atoms with van der Waals surface area (Å²) in [6.45, 7) is 15.4. The third-order valence-corrected chi connectivity index (χ3v) is 13.6. The first-order valence-corrected chi connectivity index (χ1v) is 26.7. The maximum absolute atomic E-state index is 14.6. The summed E-state index contributed by atoms with van der Waals surface area (Å²) in [7, 11) is -3.97. The Bertz CT molecular complexity index is 2300. The minimum absolute atomic E-state index is 0.0478. The van der Waals surface area contributed by atoms with Crippen molar-refractivity contribution in [2.45, 2.75) is 187 Å². The second kappa shape index (κ2) is 25.4. The summed E-state index contributed by atoms with van der Waals surface area (Å²) in [5.74, 6) is 1.55. The summed E-state index contributed by atoms with van der Waals surface area (Å²) in [4.78, 5) is 4.82. The molecule has 0 aliphatic rings. The van der Waals surface area contributed by atoms with Crippen molar-refractivity contribution in [2.24, 2.45) is 0 Å². The number of nitrogens with zero attached hydrogens (tertiary/aromatic N) is 3. The Morgan fingerprint density at radius 3 is 1.89 bits per heavy atom. The molecule has 0 aliphatic heterocycles. The number of aryl methyl sites for hydroxylation is 3. The Kier molecular flexibility index (Phi) is 20.1. The summed E-state index contributed by atoms with van der Waals surface area (Å²) < 4.78 is 60.4. The van der Waals surface area contributed by atoms with Gasteiger partial charge in [0, 0.05) is 22.7 Å². The Labute approximate surface area is 387 Å². The fourth-order valence-corrected chi connectivity index (χ4v) is 9.48. The molecule has 0 aliphatic carbocycles. The van der Waals surface area contributed by atoms with Crippen LogP contribution in [0.1, 0.15) is 180 Å². The van der Waals surface area contributed by atoms with Gasteiger partial charge < -0.3 is 13.1 Å². The van der Waals surface area contributed by atoms with Gasteiger partial charge in [-0.05, 0) is 92.1 Å². The van der Waals surface area contributed by atoms with E-state index < -0.39 is 21.3 Å². The summed E-state index contributed by atoms with van der Waals surface area (Å²) in [5, 5.41) is 8.01. The lowest BCUT2D eigenvalue weighted by molar-refractivity contribution is 0.296. The van der Waals surface area contributed by atoms with E-state index in [1.807, 2.05) is 37.3 Å². The molecule has 3 N–H and O–H groups in total. The first kappa shape index (κ1) is 50.6. The molecule has 0 fully saturated rings. The van der Waals surface area contributed by atoms with E-state index in [-0.39, 0.29) is 16.1 Å². The average molecular weight is 917 g/mol. The largest absolute Gasteiger partial charge is 0.490 e. The van der Waals surface area contributed by atoms with Gasteiger partial charge in [0.25, 0.3) is 0 Å². The van der Waals surface area contributed by atoms with E-state index >= 15 is 0 Å². The van der Waals surface area contributed by atoms with Gasteiger partial charge in [0.2, 0.25) is 10.0 Å². The summed E-state index contributed by atoms with van der Waals surface area (Å²) in [5.41, 5.74) is 5.42. The number of fused-ring (bicyclic) bond motifs is 1. The number of ether oxygens (including phenoxy) is 1. The van der Waals surface area contributed by atoms with Crippen molar-refractivity contribution in [3.05, 3.63) is 83.0 Å². The van der Waals surface area contributed by atoms with Crippen LogP contribution in [0.4, 0.5) is 5.69 Å². The molecule has 0 saturated heterocycles. The predicted octanol–water partition coefficient (Wildman–Crippen LogP) is 14.3. The zero-order chi connectivity index (χ0) is 46.0. The summed E-state index contributed by atoms with van der Waals surface area (Å²) in [6.07, 6.45) is 23.3. The minimum atomic E-state index is -3.97. The van der Waals surface area contributed by atoms with Crippen LogP contribution in [0.25, 0.3) is 17.0 Å². The van der Waals surface area contributed by atoms with Crippen LogP contribution in [0.15, 0.2) is 65.6 Å². The number of anilines is 1. The van der Waals surface area contributed by atoms with Crippen molar-refractivity contribution in [1.82, 2.24) is 19.8 Å². The molecule has 13 heteroatoms. The highest BCUT2D eigenvalue weighted by Gasteiger charge is 2.23. The van der Waals surface area contributed by atoms with Gasteiger partial charge >= 0.3 is 11.3 Å². The normalized spacial score (nSPS) is 13.2. The molecule has 2 unspecified atom stereocenters. The van der Waals surface area contributed by atoms with Gasteiger partial charge in [-0.2, -0.15) is 8.84 Å². The van der Waals surface area contributed by atoms with Gasteiger partial charge in [-0.1, -0.05) is 156 Å². The van der Waals surface area contributed by atoms with Crippen molar-refractivity contribution >= 4 is 32.6 Å². The van der Waals surface area contributed by atoms with E-state index in [9.17, 15) is 13.2 Å². The lowest BCUT2D eigenvalue weighted by Gasteiger charge is -2.17. The standard InChI is InChI=1S/C51H76N6O5S2/c1-8-11-14-17-20-23-26-40-28-30-45(39(4)33-40)61-63(58)56-43-35-42(50-53-49-38-48(51(5,6)7)54-57(49)55-50)36-44(37-43)64(52,59)62-46-31-29-41(27-24-21-18-15-12-9-2)34-47(46)60-32-25-22-19-16-13-10-3/h28-31,33-38,52,54,56H,8-27,32H2,1-7H3. The predicted molar refractivity (Wildman–Crippen MR) is 264 cm³/mol. The molecule has 0 radical (unpaired) electrons. The molecule has 2 heterocycles. The topological polar surface area (TPSA) is 144 Å². The number of nitrogens with one attached hydrogen (secondary N) is 3. The van der Waals surface area contributed by atoms with Gasteiger partial charge in [0.05, 0.1) is 17.2 Å². The maximum atomic E-state index is 14.6. The fraction of sp³-hybridized carbons (Fsp3) is 0.569. The Balaban J connectivity index is 1.39. The number of aromatic nitrogens is 4. The molecule has 3 aromatic carbocycles. The molecular weight excluding hydrogens is 841 g/mol. The molecule has 0 saturated carbocycles. The van der Waals surface area contributed by atoms with Gasteiger partial charge in [-0.15, -0.1) is 5.10 Å². The first-order chi connectivity index (χ1) is 30.8. The van der Waals surface area contributed by atoms with Crippen LogP contribution >= 0.6 is 0 Å². The highest BCUT2D eigenvalue weighted by atomic mass is 32.2. The third-order valence-electron chi connectivity index (χ3n) is 11.6. The Morgan fingerprint density at radius 1 is 0.719 bits per heavy atom. The average Bonchev–Trinajstić information content (AvgIpc) is 3.86. The molecule has 0 amide bonds. The molecule has 5 aromatic rings. The second-order valence-corrected chi connectivity index (χ2v) is 20.9. The van der Waals surface area contributed by atoms with Crippen molar-refractivity contribution in [1.29, 1.82) is 4.78 Å².